The summed E-state index contributed by atoms with van der Waals surface area (Å²) in [7, 11) is 0. The zero-order valence-corrected chi connectivity index (χ0v) is 13.1. The van der Waals surface area contributed by atoms with Gasteiger partial charge in [0.25, 0.3) is 0 Å². The molecule has 0 bridgehead atoms. The lowest BCUT2D eigenvalue weighted by Crippen LogP contribution is -1.88. The van der Waals surface area contributed by atoms with Crippen LogP contribution in [-0.2, 0) is 0 Å². The van der Waals surface area contributed by atoms with Crippen LogP contribution in [0.25, 0.3) is 43.7 Å². The van der Waals surface area contributed by atoms with Gasteiger partial charge in [0.15, 0.2) is 0 Å². The first-order valence-electron chi connectivity index (χ1n) is 8.17. The first-order chi connectivity index (χ1) is 11.9. The van der Waals surface area contributed by atoms with Crippen LogP contribution >= 0.6 is 0 Å². The van der Waals surface area contributed by atoms with Gasteiger partial charge in [0.1, 0.15) is 0 Å². The Morgan fingerprint density at radius 1 is 0.500 bits per heavy atom. The molecule has 0 aliphatic heterocycles. The maximum atomic E-state index is 4.91. The fourth-order valence-electron chi connectivity index (χ4n) is 3.48. The molecule has 1 aromatic heterocycles. The van der Waals surface area contributed by atoms with E-state index in [1.165, 1.54) is 32.7 Å². The largest absolute Gasteiger partial charge is 0.248 e. The summed E-state index contributed by atoms with van der Waals surface area (Å²) in [5.41, 5.74) is 4.55. The number of para-hydroxylation sites is 1. The molecule has 112 valence electrons. The van der Waals surface area contributed by atoms with Gasteiger partial charge in [0.05, 0.1) is 11.0 Å². The predicted octanol–water partition coefficient (Wildman–Crippen LogP) is 6.21. The molecular formula is C23H15N. The van der Waals surface area contributed by atoms with Crippen LogP contribution in [0.4, 0.5) is 0 Å². The van der Waals surface area contributed by atoms with E-state index in [2.05, 4.69) is 84.9 Å². The molecule has 4 aromatic carbocycles. The zero-order valence-electron chi connectivity index (χ0n) is 13.1. The van der Waals surface area contributed by atoms with Crippen molar-refractivity contribution in [2.75, 3.05) is 0 Å². The van der Waals surface area contributed by atoms with E-state index >= 15 is 0 Å². The summed E-state index contributed by atoms with van der Waals surface area (Å²) in [6, 6.07) is 31.9. The average molecular weight is 305 g/mol. The normalized spacial score (nSPS) is 11.3. The van der Waals surface area contributed by atoms with Crippen LogP contribution in [0.15, 0.2) is 91.0 Å². The Kier molecular flexibility index (Phi) is 2.86. The lowest BCUT2D eigenvalue weighted by Gasteiger charge is -2.11. The molecule has 0 amide bonds. The minimum atomic E-state index is 1.04. The molecular weight excluding hydrogens is 290 g/mol. The number of rotatable bonds is 1. The maximum Gasteiger partial charge on any atom is 0.0722 e. The van der Waals surface area contributed by atoms with Crippen molar-refractivity contribution in [3.8, 4) is 11.1 Å². The van der Waals surface area contributed by atoms with E-state index < -0.39 is 0 Å². The highest BCUT2D eigenvalue weighted by Crippen LogP contribution is 2.35. The highest BCUT2D eigenvalue weighted by Gasteiger charge is 2.10. The SMILES string of the molecule is c1ccc(-c2cc3nc4ccccc4cc3c3ccccc23)cc1. The second kappa shape index (κ2) is 5.17. The summed E-state index contributed by atoms with van der Waals surface area (Å²) < 4.78 is 0. The molecule has 0 aliphatic rings. The zero-order chi connectivity index (χ0) is 15.9. The van der Waals surface area contributed by atoms with Crippen molar-refractivity contribution in [3.05, 3.63) is 91.0 Å². The molecule has 1 nitrogen and oxygen atoms in total. The molecule has 0 spiro atoms. The molecule has 0 atom stereocenters. The molecule has 5 aromatic rings. The third-order valence-corrected chi connectivity index (χ3v) is 4.63. The molecule has 0 saturated heterocycles. The lowest BCUT2D eigenvalue weighted by atomic mass is 9.94. The molecule has 0 radical (unpaired) electrons. The fraction of sp³-hybridized carbons (Fsp3) is 0. The summed E-state index contributed by atoms with van der Waals surface area (Å²) in [6.45, 7) is 0. The van der Waals surface area contributed by atoms with Gasteiger partial charge in [-0.15, -0.1) is 0 Å². The standard InChI is InChI=1S/C23H15N/c1-2-8-16(9-3-1)20-15-23-21(19-12-6-5-11-18(19)20)14-17-10-4-7-13-22(17)24-23/h1-15H. The minimum Gasteiger partial charge on any atom is -0.248 e. The molecule has 0 N–H and O–H groups in total. The van der Waals surface area contributed by atoms with E-state index in [0.717, 1.165) is 11.0 Å². The van der Waals surface area contributed by atoms with E-state index in [1.54, 1.807) is 0 Å². The Hall–Kier alpha value is -3.19. The van der Waals surface area contributed by atoms with Gasteiger partial charge in [-0.1, -0.05) is 72.8 Å². The molecule has 0 aliphatic carbocycles. The predicted molar refractivity (Wildman–Crippen MR) is 102 cm³/mol. The van der Waals surface area contributed by atoms with Crippen LogP contribution in [-0.4, -0.2) is 4.98 Å². The Bertz CT molecular complexity index is 1190. The van der Waals surface area contributed by atoms with Gasteiger partial charge in [0, 0.05) is 10.8 Å². The highest BCUT2D eigenvalue weighted by molar-refractivity contribution is 6.14. The molecule has 0 saturated carbocycles. The quantitative estimate of drug-likeness (QED) is 0.265. The van der Waals surface area contributed by atoms with Gasteiger partial charge >= 0.3 is 0 Å². The van der Waals surface area contributed by atoms with Gasteiger partial charge in [-0.25, -0.2) is 4.98 Å². The topological polar surface area (TPSA) is 12.9 Å². The smallest absolute Gasteiger partial charge is 0.0722 e. The number of hydrogen-bond donors (Lipinski definition) is 0. The van der Waals surface area contributed by atoms with Crippen molar-refractivity contribution in [1.82, 2.24) is 4.98 Å². The van der Waals surface area contributed by atoms with Gasteiger partial charge in [0.2, 0.25) is 0 Å². The van der Waals surface area contributed by atoms with Crippen molar-refractivity contribution in [2.24, 2.45) is 0 Å². The number of benzene rings is 4. The van der Waals surface area contributed by atoms with Crippen LogP contribution in [0, 0.1) is 0 Å². The van der Waals surface area contributed by atoms with Crippen molar-refractivity contribution in [1.29, 1.82) is 0 Å². The third-order valence-electron chi connectivity index (χ3n) is 4.63. The summed E-state index contributed by atoms with van der Waals surface area (Å²) in [5.74, 6) is 0. The number of hydrogen-bond acceptors (Lipinski definition) is 1. The first-order valence-corrected chi connectivity index (χ1v) is 8.17. The fourth-order valence-corrected chi connectivity index (χ4v) is 3.48. The molecule has 24 heavy (non-hydrogen) atoms. The second-order valence-electron chi connectivity index (χ2n) is 6.08. The first kappa shape index (κ1) is 13.3. The van der Waals surface area contributed by atoms with Crippen LogP contribution < -0.4 is 0 Å². The highest BCUT2D eigenvalue weighted by atomic mass is 14.7. The number of nitrogens with zero attached hydrogens (tertiary/aromatic N) is 1. The van der Waals surface area contributed by atoms with Crippen molar-refractivity contribution < 1.29 is 0 Å². The lowest BCUT2D eigenvalue weighted by molar-refractivity contribution is 1.50. The van der Waals surface area contributed by atoms with Crippen LogP contribution in [0.3, 0.4) is 0 Å². The van der Waals surface area contributed by atoms with Crippen molar-refractivity contribution in [2.45, 2.75) is 0 Å². The van der Waals surface area contributed by atoms with Crippen LogP contribution in [0.5, 0.6) is 0 Å². The van der Waals surface area contributed by atoms with Gasteiger partial charge in [-0.2, -0.15) is 0 Å². The summed E-state index contributed by atoms with van der Waals surface area (Å²) in [4.78, 5) is 4.91. The van der Waals surface area contributed by atoms with E-state index in [9.17, 15) is 0 Å². The van der Waals surface area contributed by atoms with Crippen molar-refractivity contribution in [3.63, 3.8) is 0 Å². The monoisotopic (exact) mass is 305 g/mol. The molecule has 1 heterocycles. The van der Waals surface area contributed by atoms with E-state index in [-0.39, 0.29) is 0 Å². The molecule has 1 heteroatoms. The Morgan fingerprint density at radius 2 is 1.21 bits per heavy atom. The Balaban J connectivity index is 1.97. The van der Waals surface area contributed by atoms with Gasteiger partial charge in [-0.05, 0) is 40.1 Å². The third kappa shape index (κ3) is 1.99. The van der Waals surface area contributed by atoms with E-state index in [4.69, 9.17) is 4.98 Å². The molecule has 5 rings (SSSR count). The van der Waals surface area contributed by atoms with Crippen molar-refractivity contribution >= 4 is 32.6 Å². The Labute approximate surface area is 140 Å². The van der Waals surface area contributed by atoms with E-state index in [1.807, 2.05) is 6.07 Å². The van der Waals surface area contributed by atoms with Gasteiger partial charge < -0.3 is 0 Å². The maximum absolute atomic E-state index is 4.91. The summed E-state index contributed by atoms with van der Waals surface area (Å²) >= 11 is 0. The Morgan fingerprint density at radius 3 is 2.08 bits per heavy atom. The number of aromatic nitrogens is 1. The van der Waals surface area contributed by atoms with Crippen LogP contribution in [0.2, 0.25) is 0 Å². The van der Waals surface area contributed by atoms with E-state index in [0.29, 0.717) is 0 Å². The molecule has 0 unspecified atom stereocenters. The summed E-state index contributed by atoms with van der Waals surface area (Å²) in [5, 5.41) is 4.92. The minimum absolute atomic E-state index is 1.04. The molecule has 0 fully saturated rings. The summed E-state index contributed by atoms with van der Waals surface area (Å²) in [6.07, 6.45) is 0. The number of pyridine rings is 1. The van der Waals surface area contributed by atoms with Gasteiger partial charge in [-0.3, -0.25) is 0 Å². The van der Waals surface area contributed by atoms with Crippen LogP contribution in [0.1, 0.15) is 0 Å². The second-order valence-corrected chi connectivity index (χ2v) is 6.08. The average Bonchev–Trinajstić information content (AvgIpc) is 2.66. The number of fused-ring (bicyclic) bond motifs is 4.